The molecule has 0 saturated carbocycles. The van der Waals surface area contributed by atoms with E-state index in [0.29, 0.717) is 31.9 Å². The van der Waals surface area contributed by atoms with Crippen molar-refractivity contribution >= 4 is 18.4 Å². The highest BCUT2D eigenvalue weighted by Gasteiger charge is 2.14. The average molecular weight is 254 g/mol. The number of hydrogen-bond acceptors (Lipinski definition) is 4. The monoisotopic (exact) mass is 253 g/mol. The SMILES string of the molecule is CC(C)C[C@H](CN)CC(=O)OCCCO.Cl. The lowest BCUT2D eigenvalue weighted by Crippen LogP contribution is -2.21. The Morgan fingerprint density at radius 2 is 2.06 bits per heavy atom. The summed E-state index contributed by atoms with van der Waals surface area (Å²) in [6.07, 6.45) is 1.84. The first-order valence-corrected chi connectivity index (χ1v) is 5.56. The number of ether oxygens (including phenoxy) is 1. The molecule has 0 aromatic rings. The molecule has 3 N–H and O–H groups in total. The van der Waals surface area contributed by atoms with Crippen LogP contribution >= 0.6 is 12.4 Å². The third-order valence-corrected chi connectivity index (χ3v) is 2.16. The van der Waals surface area contributed by atoms with Crippen LogP contribution in [-0.2, 0) is 9.53 Å². The van der Waals surface area contributed by atoms with Gasteiger partial charge in [0.05, 0.1) is 6.61 Å². The minimum atomic E-state index is -0.209. The summed E-state index contributed by atoms with van der Waals surface area (Å²) in [5, 5.41) is 8.51. The molecule has 0 aliphatic heterocycles. The number of halogens is 1. The van der Waals surface area contributed by atoms with Gasteiger partial charge in [0.1, 0.15) is 0 Å². The maximum absolute atomic E-state index is 11.3. The van der Waals surface area contributed by atoms with Crippen LogP contribution < -0.4 is 5.73 Å². The summed E-state index contributed by atoms with van der Waals surface area (Å²) in [6.45, 7) is 5.10. The molecule has 98 valence electrons. The van der Waals surface area contributed by atoms with E-state index in [9.17, 15) is 4.79 Å². The van der Waals surface area contributed by atoms with Gasteiger partial charge in [-0.3, -0.25) is 4.79 Å². The van der Waals surface area contributed by atoms with Crippen molar-refractivity contribution in [1.82, 2.24) is 0 Å². The molecule has 0 bridgehead atoms. The van der Waals surface area contributed by atoms with Crippen molar-refractivity contribution in [3.63, 3.8) is 0 Å². The molecular formula is C11H24ClNO3. The molecule has 0 aliphatic carbocycles. The van der Waals surface area contributed by atoms with Crippen LogP contribution in [0.25, 0.3) is 0 Å². The second-order valence-electron chi connectivity index (χ2n) is 4.23. The van der Waals surface area contributed by atoms with Gasteiger partial charge >= 0.3 is 5.97 Å². The summed E-state index contributed by atoms with van der Waals surface area (Å²) in [5.41, 5.74) is 5.58. The highest BCUT2D eigenvalue weighted by molar-refractivity contribution is 5.85. The molecule has 0 fully saturated rings. The minimum absolute atomic E-state index is 0. The predicted octanol–water partition coefficient (Wildman–Crippen LogP) is 1.34. The van der Waals surface area contributed by atoms with Gasteiger partial charge in [0.25, 0.3) is 0 Å². The van der Waals surface area contributed by atoms with Crippen LogP contribution in [0, 0.1) is 11.8 Å². The molecule has 0 unspecified atom stereocenters. The summed E-state index contributed by atoms with van der Waals surface area (Å²) >= 11 is 0. The molecule has 1 atom stereocenters. The van der Waals surface area contributed by atoms with E-state index in [1.165, 1.54) is 0 Å². The number of carbonyl (C=O) groups excluding carboxylic acids is 1. The van der Waals surface area contributed by atoms with Crippen molar-refractivity contribution in [2.24, 2.45) is 17.6 Å². The zero-order valence-corrected chi connectivity index (χ0v) is 11.0. The lowest BCUT2D eigenvalue weighted by Gasteiger charge is -2.15. The number of aliphatic hydroxyl groups excluding tert-OH is 1. The Hall–Kier alpha value is -0.320. The van der Waals surface area contributed by atoms with E-state index in [1.54, 1.807) is 0 Å². The Labute approximate surface area is 104 Å². The van der Waals surface area contributed by atoms with Gasteiger partial charge in [0, 0.05) is 19.4 Å². The zero-order chi connectivity index (χ0) is 11.7. The molecule has 4 nitrogen and oxygen atoms in total. The topological polar surface area (TPSA) is 72.6 Å². The number of aliphatic hydroxyl groups is 1. The van der Waals surface area contributed by atoms with Crippen LogP contribution in [0.15, 0.2) is 0 Å². The van der Waals surface area contributed by atoms with Crippen LogP contribution in [0.5, 0.6) is 0 Å². The summed E-state index contributed by atoms with van der Waals surface area (Å²) < 4.78 is 4.94. The molecule has 0 spiro atoms. The largest absolute Gasteiger partial charge is 0.466 e. The highest BCUT2D eigenvalue weighted by atomic mass is 35.5. The van der Waals surface area contributed by atoms with E-state index in [-0.39, 0.29) is 30.9 Å². The fraction of sp³-hybridized carbons (Fsp3) is 0.909. The molecule has 5 heteroatoms. The lowest BCUT2D eigenvalue weighted by atomic mass is 9.94. The van der Waals surface area contributed by atoms with Gasteiger partial charge in [-0.2, -0.15) is 0 Å². The van der Waals surface area contributed by atoms with E-state index < -0.39 is 0 Å². The molecule has 0 rings (SSSR count). The van der Waals surface area contributed by atoms with E-state index in [0.717, 1.165) is 6.42 Å². The average Bonchev–Trinajstić information content (AvgIpc) is 2.16. The van der Waals surface area contributed by atoms with Gasteiger partial charge < -0.3 is 15.6 Å². The van der Waals surface area contributed by atoms with E-state index in [2.05, 4.69) is 13.8 Å². The number of rotatable bonds is 8. The first-order chi connectivity index (χ1) is 7.10. The molecule has 0 heterocycles. The van der Waals surface area contributed by atoms with E-state index in [1.807, 2.05) is 0 Å². The molecule has 0 saturated heterocycles. The van der Waals surface area contributed by atoms with Gasteiger partial charge in [-0.05, 0) is 24.8 Å². The Balaban J connectivity index is 0. The third-order valence-electron chi connectivity index (χ3n) is 2.16. The van der Waals surface area contributed by atoms with Crippen molar-refractivity contribution in [2.75, 3.05) is 19.8 Å². The van der Waals surface area contributed by atoms with Gasteiger partial charge in [-0.1, -0.05) is 13.8 Å². The number of hydrogen-bond donors (Lipinski definition) is 2. The van der Waals surface area contributed by atoms with Crippen molar-refractivity contribution < 1.29 is 14.6 Å². The minimum Gasteiger partial charge on any atom is -0.466 e. The molecule has 0 amide bonds. The van der Waals surface area contributed by atoms with Crippen LogP contribution in [-0.4, -0.2) is 30.8 Å². The van der Waals surface area contributed by atoms with Crippen LogP contribution in [0.2, 0.25) is 0 Å². The number of carbonyl (C=O) groups is 1. The zero-order valence-electron chi connectivity index (χ0n) is 10.1. The molecule has 0 aromatic heterocycles. The molecule has 0 aromatic carbocycles. The van der Waals surface area contributed by atoms with Crippen molar-refractivity contribution in [3.05, 3.63) is 0 Å². The Bertz CT molecular complexity index is 177. The summed E-state index contributed by atoms with van der Waals surface area (Å²) in [5.74, 6) is 0.551. The molecule has 0 aliphatic rings. The quantitative estimate of drug-likeness (QED) is 0.506. The second-order valence-corrected chi connectivity index (χ2v) is 4.23. The van der Waals surface area contributed by atoms with Crippen LogP contribution in [0.1, 0.15) is 33.1 Å². The molecule has 0 radical (unpaired) electrons. The van der Waals surface area contributed by atoms with Crippen molar-refractivity contribution in [1.29, 1.82) is 0 Å². The lowest BCUT2D eigenvalue weighted by molar-refractivity contribution is -0.145. The first kappa shape index (κ1) is 18.1. The maximum Gasteiger partial charge on any atom is 0.306 e. The Kier molecular flexibility index (Phi) is 12.6. The standard InChI is InChI=1S/C11H23NO3.ClH/c1-9(2)6-10(8-12)7-11(14)15-5-3-4-13;/h9-10,13H,3-8,12H2,1-2H3;1H/t10-;/m0./s1. The predicted molar refractivity (Wildman–Crippen MR) is 66.5 cm³/mol. The third kappa shape index (κ3) is 10.2. The summed E-state index contributed by atoms with van der Waals surface area (Å²) in [6, 6.07) is 0. The van der Waals surface area contributed by atoms with E-state index in [4.69, 9.17) is 15.6 Å². The normalized spacial score (nSPS) is 12.1. The number of esters is 1. The van der Waals surface area contributed by atoms with Crippen molar-refractivity contribution in [2.45, 2.75) is 33.1 Å². The van der Waals surface area contributed by atoms with Gasteiger partial charge in [-0.15, -0.1) is 12.4 Å². The molecule has 16 heavy (non-hydrogen) atoms. The Morgan fingerprint density at radius 1 is 1.44 bits per heavy atom. The van der Waals surface area contributed by atoms with Crippen molar-refractivity contribution in [3.8, 4) is 0 Å². The van der Waals surface area contributed by atoms with Gasteiger partial charge in [0.15, 0.2) is 0 Å². The smallest absolute Gasteiger partial charge is 0.306 e. The van der Waals surface area contributed by atoms with E-state index >= 15 is 0 Å². The summed E-state index contributed by atoms with van der Waals surface area (Å²) in [7, 11) is 0. The van der Waals surface area contributed by atoms with Crippen LogP contribution in [0.3, 0.4) is 0 Å². The Morgan fingerprint density at radius 3 is 2.50 bits per heavy atom. The van der Waals surface area contributed by atoms with Gasteiger partial charge in [0.2, 0.25) is 0 Å². The summed E-state index contributed by atoms with van der Waals surface area (Å²) in [4.78, 5) is 11.3. The second kappa shape index (κ2) is 11.2. The first-order valence-electron chi connectivity index (χ1n) is 5.56. The van der Waals surface area contributed by atoms with Gasteiger partial charge in [-0.25, -0.2) is 0 Å². The molecular weight excluding hydrogens is 230 g/mol. The van der Waals surface area contributed by atoms with Crippen LogP contribution in [0.4, 0.5) is 0 Å². The fourth-order valence-corrected chi connectivity index (χ4v) is 1.47. The maximum atomic E-state index is 11.3. The highest BCUT2D eigenvalue weighted by Crippen LogP contribution is 2.14. The number of nitrogens with two attached hydrogens (primary N) is 1. The fourth-order valence-electron chi connectivity index (χ4n) is 1.47.